The second-order valence-corrected chi connectivity index (χ2v) is 5.23. The second-order valence-electron chi connectivity index (χ2n) is 3.71. The number of hydrogen-bond acceptors (Lipinski definition) is 3. The summed E-state index contributed by atoms with van der Waals surface area (Å²) in [6.45, 7) is 2.81. The Hall–Kier alpha value is -0.880. The number of benzene rings is 1. The van der Waals surface area contributed by atoms with E-state index in [1.165, 1.54) is 0 Å². The SMILES string of the molecule is CCCOc1ccc(-c2ncc(I)c(Cl)n2)cc1. The zero-order valence-corrected chi connectivity index (χ0v) is 12.8. The average molecular weight is 375 g/mol. The Kier molecular flexibility index (Phi) is 4.77. The molecule has 0 amide bonds. The van der Waals surface area contributed by atoms with Crippen molar-refractivity contribution in [1.29, 1.82) is 0 Å². The van der Waals surface area contributed by atoms with Gasteiger partial charge in [0.1, 0.15) is 10.9 Å². The molecular formula is C13H12ClIN2O. The number of nitrogens with zero attached hydrogens (tertiary/aromatic N) is 2. The highest BCUT2D eigenvalue weighted by Crippen LogP contribution is 2.22. The quantitative estimate of drug-likeness (QED) is 0.594. The lowest BCUT2D eigenvalue weighted by atomic mass is 10.2. The van der Waals surface area contributed by atoms with Gasteiger partial charge in [-0.1, -0.05) is 18.5 Å². The van der Waals surface area contributed by atoms with Gasteiger partial charge in [0.2, 0.25) is 0 Å². The van der Waals surface area contributed by atoms with Gasteiger partial charge in [-0.25, -0.2) is 9.97 Å². The molecule has 5 heteroatoms. The lowest BCUT2D eigenvalue weighted by molar-refractivity contribution is 0.317. The molecular weight excluding hydrogens is 363 g/mol. The van der Waals surface area contributed by atoms with Crippen LogP contribution in [0.5, 0.6) is 5.75 Å². The highest BCUT2D eigenvalue weighted by molar-refractivity contribution is 14.1. The first kappa shape index (κ1) is 13.5. The lowest BCUT2D eigenvalue weighted by Gasteiger charge is -2.05. The van der Waals surface area contributed by atoms with Gasteiger partial charge in [-0.3, -0.25) is 0 Å². The number of hydrogen-bond donors (Lipinski definition) is 0. The van der Waals surface area contributed by atoms with Gasteiger partial charge < -0.3 is 4.74 Å². The largest absolute Gasteiger partial charge is 0.494 e. The zero-order chi connectivity index (χ0) is 13.0. The molecule has 0 aliphatic rings. The average Bonchev–Trinajstić information content (AvgIpc) is 2.40. The summed E-state index contributed by atoms with van der Waals surface area (Å²) in [6.07, 6.45) is 2.71. The smallest absolute Gasteiger partial charge is 0.160 e. The van der Waals surface area contributed by atoms with E-state index >= 15 is 0 Å². The molecule has 1 aromatic carbocycles. The van der Waals surface area contributed by atoms with E-state index in [0.29, 0.717) is 11.0 Å². The summed E-state index contributed by atoms with van der Waals surface area (Å²) in [7, 11) is 0. The van der Waals surface area contributed by atoms with Crippen LogP contribution in [0.2, 0.25) is 5.15 Å². The Balaban J connectivity index is 2.20. The van der Waals surface area contributed by atoms with E-state index in [1.807, 2.05) is 24.3 Å². The Morgan fingerprint density at radius 2 is 2.00 bits per heavy atom. The lowest BCUT2D eigenvalue weighted by Crippen LogP contribution is -1.95. The fraction of sp³-hybridized carbons (Fsp3) is 0.231. The third kappa shape index (κ3) is 3.32. The first-order valence-corrected chi connectivity index (χ1v) is 7.07. The van der Waals surface area contributed by atoms with Crippen LogP contribution in [0.25, 0.3) is 11.4 Å². The molecule has 0 radical (unpaired) electrons. The first-order valence-electron chi connectivity index (χ1n) is 5.62. The van der Waals surface area contributed by atoms with E-state index in [2.05, 4.69) is 39.5 Å². The van der Waals surface area contributed by atoms with Gasteiger partial charge in [0.05, 0.1) is 10.2 Å². The standard InChI is InChI=1S/C13H12ClIN2O/c1-2-7-18-10-5-3-9(4-6-10)13-16-8-11(15)12(14)17-13/h3-6,8H,2,7H2,1H3. The van der Waals surface area contributed by atoms with E-state index in [4.69, 9.17) is 16.3 Å². The van der Waals surface area contributed by atoms with Crippen molar-refractivity contribution in [3.05, 3.63) is 39.2 Å². The van der Waals surface area contributed by atoms with Gasteiger partial charge >= 0.3 is 0 Å². The Morgan fingerprint density at radius 3 is 2.61 bits per heavy atom. The third-order valence-corrected chi connectivity index (χ3v) is 3.68. The zero-order valence-electron chi connectivity index (χ0n) is 9.86. The predicted octanol–water partition coefficient (Wildman–Crippen LogP) is 4.19. The van der Waals surface area contributed by atoms with Crippen molar-refractivity contribution in [2.24, 2.45) is 0 Å². The van der Waals surface area contributed by atoms with E-state index in [1.54, 1.807) is 6.20 Å². The fourth-order valence-electron chi connectivity index (χ4n) is 1.41. The van der Waals surface area contributed by atoms with Crippen molar-refractivity contribution in [2.45, 2.75) is 13.3 Å². The highest BCUT2D eigenvalue weighted by Gasteiger charge is 2.05. The maximum absolute atomic E-state index is 5.98. The molecule has 0 aliphatic heterocycles. The van der Waals surface area contributed by atoms with E-state index in [0.717, 1.165) is 27.9 Å². The molecule has 0 spiro atoms. The van der Waals surface area contributed by atoms with Crippen LogP contribution in [0.3, 0.4) is 0 Å². The monoisotopic (exact) mass is 374 g/mol. The van der Waals surface area contributed by atoms with Gasteiger partial charge in [0.25, 0.3) is 0 Å². The van der Waals surface area contributed by atoms with Crippen molar-refractivity contribution in [3.63, 3.8) is 0 Å². The van der Waals surface area contributed by atoms with Crippen LogP contribution in [0.1, 0.15) is 13.3 Å². The second kappa shape index (κ2) is 6.33. The normalized spacial score (nSPS) is 10.4. The van der Waals surface area contributed by atoms with Crippen molar-refractivity contribution in [1.82, 2.24) is 9.97 Å². The molecule has 0 aliphatic carbocycles. The van der Waals surface area contributed by atoms with Crippen LogP contribution in [0.15, 0.2) is 30.5 Å². The highest BCUT2D eigenvalue weighted by atomic mass is 127. The molecule has 0 atom stereocenters. The summed E-state index contributed by atoms with van der Waals surface area (Å²) in [5.41, 5.74) is 0.928. The molecule has 0 bridgehead atoms. The van der Waals surface area contributed by atoms with Gasteiger partial charge in [-0.15, -0.1) is 0 Å². The molecule has 0 unspecified atom stereocenters. The fourth-order valence-corrected chi connectivity index (χ4v) is 1.79. The summed E-state index contributed by atoms with van der Waals surface area (Å²) < 4.78 is 6.37. The summed E-state index contributed by atoms with van der Waals surface area (Å²) in [6, 6.07) is 7.70. The minimum atomic E-state index is 0.479. The predicted molar refractivity (Wildman–Crippen MR) is 81.0 cm³/mol. The Labute approximate surface area is 125 Å². The maximum Gasteiger partial charge on any atom is 0.160 e. The first-order chi connectivity index (χ1) is 8.70. The number of ether oxygens (including phenoxy) is 1. The summed E-state index contributed by atoms with van der Waals surface area (Å²) in [4.78, 5) is 8.50. The third-order valence-electron chi connectivity index (χ3n) is 2.29. The minimum absolute atomic E-state index is 0.479. The molecule has 1 aromatic heterocycles. The van der Waals surface area contributed by atoms with Crippen LogP contribution < -0.4 is 4.74 Å². The molecule has 1 heterocycles. The van der Waals surface area contributed by atoms with E-state index in [9.17, 15) is 0 Å². The van der Waals surface area contributed by atoms with Crippen LogP contribution in [-0.2, 0) is 0 Å². The maximum atomic E-state index is 5.98. The number of rotatable bonds is 4. The van der Waals surface area contributed by atoms with Crippen molar-refractivity contribution in [2.75, 3.05) is 6.61 Å². The molecule has 0 saturated carbocycles. The van der Waals surface area contributed by atoms with Crippen LogP contribution in [0, 0.1) is 3.57 Å². The van der Waals surface area contributed by atoms with Crippen molar-refractivity contribution < 1.29 is 4.74 Å². The molecule has 2 aromatic rings. The van der Waals surface area contributed by atoms with Gasteiger partial charge in [0.15, 0.2) is 5.82 Å². The summed E-state index contributed by atoms with van der Waals surface area (Å²) in [5.74, 6) is 1.49. The van der Waals surface area contributed by atoms with Gasteiger partial charge in [0, 0.05) is 11.8 Å². The molecule has 0 saturated heterocycles. The summed E-state index contributed by atoms with van der Waals surface area (Å²) in [5, 5.41) is 0.479. The molecule has 18 heavy (non-hydrogen) atoms. The van der Waals surface area contributed by atoms with Crippen molar-refractivity contribution in [3.8, 4) is 17.1 Å². The molecule has 94 valence electrons. The minimum Gasteiger partial charge on any atom is -0.494 e. The Morgan fingerprint density at radius 1 is 1.28 bits per heavy atom. The van der Waals surface area contributed by atoms with Crippen LogP contribution in [0.4, 0.5) is 0 Å². The topological polar surface area (TPSA) is 35.0 Å². The molecule has 0 N–H and O–H groups in total. The van der Waals surface area contributed by atoms with Crippen molar-refractivity contribution >= 4 is 34.2 Å². The summed E-state index contributed by atoms with van der Waals surface area (Å²) >= 11 is 8.08. The molecule has 2 rings (SSSR count). The number of halogens is 2. The number of aromatic nitrogens is 2. The Bertz CT molecular complexity index is 531. The van der Waals surface area contributed by atoms with E-state index in [-0.39, 0.29) is 0 Å². The van der Waals surface area contributed by atoms with Crippen LogP contribution >= 0.6 is 34.2 Å². The van der Waals surface area contributed by atoms with Crippen LogP contribution in [-0.4, -0.2) is 16.6 Å². The van der Waals surface area contributed by atoms with E-state index < -0.39 is 0 Å². The van der Waals surface area contributed by atoms with Gasteiger partial charge in [-0.05, 0) is 53.3 Å². The van der Waals surface area contributed by atoms with Gasteiger partial charge in [-0.2, -0.15) is 0 Å². The molecule has 0 fully saturated rings. The molecule has 3 nitrogen and oxygen atoms in total.